The maximum Gasteiger partial charge on any atom is 0.407 e. The van der Waals surface area contributed by atoms with Gasteiger partial charge in [0.25, 0.3) is 0 Å². The Morgan fingerprint density at radius 2 is 1.75 bits per heavy atom. The zero-order valence-corrected chi connectivity index (χ0v) is 13.3. The molecule has 0 saturated heterocycles. The van der Waals surface area contributed by atoms with Crippen molar-refractivity contribution < 1.29 is 24.2 Å². The van der Waals surface area contributed by atoms with Gasteiger partial charge in [0.1, 0.15) is 5.60 Å². The van der Waals surface area contributed by atoms with Gasteiger partial charge < -0.3 is 19.9 Å². The number of amides is 1. The number of carbonyl (C=O) groups is 2. The van der Waals surface area contributed by atoms with E-state index in [1.165, 1.54) is 0 Å². The van der Waals surface area contributed by atoms with Gasteiger partial charge in [-0.3, -0.25) is 4.79 Å². The Morgan fingerprint density at radius 1 is 1.20 bits per heavy atom. The molecule has 0 aliphatic heterocycles. The summed E-state index contributed by atoms with van der Waals surface area (Å²) in [5.74, 6) is -0.419. The highest BCUT2D eigenvalue weighted by molar-refractivity contribution is 5.72. The van der Waals surface area contributed by atoms with Gasteiger partial charge in [-0.25, -0.2) is 4.79 Å². The minimum Gasteiger partial charge on any atom is -0.466 e. The van der Waals surface area contributed by atoms with Gasteiger partial charge in [0.05, 0.1) is 18.6 Å². The third kappa shape index (κ3) is 11.8. The maximum atomic E-state index is 11.5. The fourth-order valence-corrected chi connectivity index (χ4v) is 1.28. The number of hydrogen-bond acceptors (Lipinski definition) is 5. The first-order valence-electron chi connectivity index (χ1n) is 6.76. The number of esters is 1. The van der Waals surface area contributed by atoms with Crippen molar-refractivity contribution in [3.05, 3.63) is 0 Å². The molecule has 0 aromatic rings. The quantitative estimate of drug-likeness (QED) is 0.730. The van der Waals surface area contributed by atoms with Crippen LogP contribution < -0.4 is 5.32 Å². The van der Waals surface area contributed by atoms with Crippen LogP contribution >= 0.6 is 0 Å². The number of carbonyl (C=O) groups excluding carboxylic acids is 2. The lowest BCUT2D eigenvalue weighted by molar-refractivity contribution is -0.145. The molecule has 0 unspecified atom stereocenters. The molecule has 0 heterocycles. The molecule has 0 aromatic carbocycles. The molecular weight excluding hydrogens is 262 g/mol. The first-order chi connectivity index (χ1) is 8.89. The lowest BCUT2D eigenvalue weighted by Gasteiger charge is -2.21. The van der Waals surface area contributed by atoms with Gasteiger partial charge in [-0.15, -0.1) is 0 Å². The number of alkyl carbamates (subject to hydrolysis) is 1. The van der Waals surface area contributed by atoms with E-state index in [1.54, 1.807) is 41.5 Å². The van der Waals surface area contributed by atoms with Crippen LogP contribution in [0.1, 0.15) is 54.4 Å². The molecule has 6 nitrogen and oxygen atoms in total. The van der Waals surface area contributed by atoms with Crippen LogP contribution in [0.2, 0.25) is 0 Å². The van der Waals surface area contributed by atoms with E-state index in [0.717, 1.165) is 0 Å². The van der Waals surface area contributed by atoms with Crippen molar-refractivity contribution in [2.75, 3.05) is 6.61 Å². The Hall–Kier alpha value is -1.30. The largest absolute Gasteiger partial charge is 0.466 e. The number of nitrogens with one attached hydrogen (secondary N) is 1. The average Bonchev–Trinajstić information content (AvgIpc) is 2.10. The maximum absolute atomic E-state index is 11.5. The van der Waals surface area contributed by atoms with Crippen LogP contribution in [0.5, 0.6) is 0 Å². The zero-order valence-electron chi connectivity index (χ0n) is 13.3. The normalized spacial score (nSPS) is 13.6. The Bertz CT molecular complexity index is 327. The second-order valence-electron chi connectivity index (χ2n) is 6.53. The molecule has 0 spiro atoms. The highest BCUT2D eigenvalue weighted by Crippen LogP contribution is 2.08. The average molecular weight is 289 g/mol. The summed E-state index contributed by atoms with van der Waals surface area (Å²) in [5.41, 5.74) is -1.43. The predicted molar refractivity (Wildman–Crippen MR) is 75.3 cm³/mol. The second kappa shape index (κ2) is 7.47. The Kier molecular flexibility index (Phi) is 6.99. The summed E-state index contributed by atoms with van der Waals surface area (Å²) in [7, 11) is 0. The highest BCUT2D eigenvalue weighted by Gasteiger charge is 2.19. The first-order valence-corrected chi connectivity index (χ1v) is 6.76. The van der Waals surface area contributed by atoms with Crippen molar-refractivity contribution >= 4 is 12.1 Å². The van der Waals surface area contributed by atoms with Gasteiger partial charge in [0, 0.05) is 12.5 Å². The van der Waals surface area contributed by atoms with E-state index >= 15 is 0 Å². The molecule has 0 radical (unpaired) electrons. The molecule has 0 aliphatic carbocycles. The minimum absolute atomic E-state index is 0.0606. The van der Waals surface area contributed by atoms with Crippen molar-refractivity contribution in [1.29, 1.82) is 0 Å². The number of ether oxygens (including phenoxy) is 2. The summed E-state index contributed by atoms with van der Waals surface area (Å²) in [5, 5.41) is 12.0. The van der Waals surface area contributed by atoms with Crippen LogP contribution in [-0.2, 0) is 14.3 Å². The third-order valence-corrected chi connectivity index (χ3v) is 2.21. The third-order valence-electron chi connectivity index (χ3n) is 2.21. The van der Waals surface area contributed by atoms with Crippen molar-refractivity contribution in [1.82, 2.24) is 5.32 Å². The van der Waals surface area contributed by atoms with Gasteiger partial charge in [0.2, 0.25) is 0 Å². The molecule has 0 saturated carbocycles. The second-order valence-corrected chi connectivity index (χ2v) is 6.53. The van der Waals surface area contributed by atoms with Crippen LogP contribution in [0.15, 0.2) is 0 Å². The van der Waals surface area contributed by atoms with E-state index < -0.39 is 23.3 Å². The molecule has 0 aromatic heterocycles. The standard InChI is InChI=1S/C14H27NO5/c1-10(15-12(17)20-13(2,3)4)9-11(16)19-8-7-14(5,6)18/h10,18H,7-9H2,1-6H3,(H,15,17)/t10-/m0/s1. The predicted octanol–water partition coefficient (Wildman–Crippen LogP) is 1.99. The molecule has 0 rings (SSSR count). The van der Waals surface area contributed by atoms with Gasteiger partial charge in [-0.1, -0.05) is 0 Å². The van der Waals surface area contributed by atoms with Gasteiger partial charge >= 0.3 is 12.1 Å². The van der Waals surface area contributed by atoms with Crippen molar-refractivity contribution in [3.8, 4) is 0 Å². The van der Waals surface area contributed by atoms with Crippen LogP contribution in [0.25, 0.3) is 0 Å². The van der Waals surface area contributed by atoms with E-state index in [0.29, 0.717) is 6.42 Å². The van der Waals surface area contributed by atoms with Crippen LogP contribution in [-0.4, -0.2) is 41.0 Å². The molecule has 1 atom stereocenters. The molecule has 1 amide bonds. The van der Waals surface area contributed by atoms with Crippen LogP contribution in [0.3, 0.4) is 0 Å². The Balaban J connectivity index is 3.94. The van der Waals surface area contributed by atoms with Gasteiger partial charge in [0.15, 0.2) is 0 Å². The molecule has 20 heavy (non-hydrogen) atoms. The fourth-order valence-electron chi connectivity index (χ4n) is 1.28. The molecule has 0 aliphatic rings. The molecule has 118 valence electrons. The zero-order chi connectivity index (χ0) is 16.0. The smallest absolute Gasteiger partial charge is 0.407 e. The van der Waals surface area contributed by atoms with Crippen molar-refractivity contribution in [2.24, 2.45) is 0 Å². The summed E-state index contributed by atoms with van der Waals surface area (Å²) in [4.78, 5) is 23.0. The van der Waals surface area contributed by atoms with E-state index in [1.807, 2.05) is 0 Å². The summed E-state index contributed by atoms with van der Waals surface area (Å²) in [6.07, 6.45) is -0.133. The Morgan fingerprint density at radius 3 is 2.20 bits per heavy atom. The Labute approximate surface area is 120 Å². The van der Waals surface area contributed by atoms with Gasteiger partial charge in [-0.2, -0.15) is 0 Å². The molecular formula is C14H27NO5. The molecule has 2 N–H and O–H groups in total. The number of hydrogen-bond donors (Lipinski definition) is 2. The van der Waals surface area contributed by atoms with Gasteiger partial charge in [-0.05, 0) is 41.5 Å². The minimum atomic E-state index is -0.860. The van der Waals surface area contributed by atoms with E-state index in [-0.39, 0.29) is 19.1 Å². The van der Waals surface area contributed by atoms with E-state index in [9.17, 15) is 14.7 Å². The highest BCUT2D eigenvalue weighted by atomic mass is 16.6. The first kappa shape index (κ1) is 18.7. The lowest BCUT2D eigenvalue weighted by Crippen LogP contribution is -2.38. The van der Waals surface area contributed by atoms with Crippen LogP contribution in [0.4, 0.5) is 4.79 Å². The summed E-state index contributed by atoms with van der Waals surface area (Å²) in [6.45, 7) is 10.4. The number of rotatable bonds is 6. The lowest BCUT2D eigenvalue weighted by atomic mass is 10.1. The monoisotopic (exact) mass is 289 g/mol. The SMILES string of the molecule is C[C@@H](CC(=O)OCCC(C)(C)O)NC(=O)OC(C)(C)C. The topological polar surface area (TPSA) is 84.9 Å². The number of aliphatic hydroxyl groups is 1. The summed E-state index contributed by atoms with van der Waals surface area (Å²) >= 11 is 0. The molecule has 0 bridgehead atoms. The summed E-state index contributed by atoms with van der Waals surface area (Å²) in [6, 6.07) is -0.375. The van der Waals surface area contributed by atoms with Crippen molar-refractivity contribution in [3.63, 3.8) is 0 Å². The van der Waals surface area contributed by atoms with E-state index in [2.05, 4.69) is 5.32 Å². The fraction of sp³-hybridized carbons (Fsp3) is 0.857. The summed E-state index contributed by atoms with van der Waals surface area (Å²) < 4.78 is 10.1. The van der Waals surface area contributed by atoms with E-state index in [4.69, 9.17) is 9.47 Å². The molecule has 0 fully saturated rings. The van der Waals surface area contributed by atoms with Crippen molar-refractivity contribution in [2.45, 2.75) is 71.6 Å². The van der Waals surface area contributed by atoms with Crippen LogP contribution in [0, 0.1) is 0 Å². The molecule has 6 heteroatoms.